The lowest BCUT2D eigenvalue weighted by atomic mass is 10.1. The van der Waals surface area contributed by atoms with Crippen LogP contribution in [0.4, 0.5) is 0 Å². The van der Waals surface area contributed by atoms with Crippen molar-refractivity contribution in [2.45, 2.75) is 12.6 Å². The van der Waals surface area contributed by atoms with Crippen LogP contribution in [0, 0.1) is 0 Å². The summed E-state index contributed by atoms with van der Waals surface area (Å²) in [6.07, 6.45) is 0. The molecule has 0 radical (unpaired) electrons. The molecule has 1 unspecified atom stereocenters. The van der Waals surface area contributed by atoms with E-state index in [-0.39, 0.29) is 36.4 Å². The number of hydrogen-bond acceptors (Lipinski definition) is 4. The molecule has 0 spiro atoms. The van der Waals surface area contributed by atoms with Gasteiger partial charge in [0.1, 0.15) is 0 Å². The van der Waals surface area contributed by atoms with Gasteiger partial charge in [-0.3, -0.25) is 14.6 Å². The molecule has 7 nitrogen and oxygen atoms in total. The molecular formula is C19H31IN6O. The number of benzene rings is 1. The molecule has 1 aromatic carbocycles. The number of nitrogens with one attached hydrogen (secondary N) is 2. The highest BCUT2D eigenvalue weighted by Crippen LogP contribution is 2.14. The summed E-state index contributed by atoms with van der Waals surface area (Å²) in [7, 11) is 3.53. The number of carbonyl (C=O) groups excluding carboxylic acids is 1. The van der Waals surface area contributed by atoms with Crippen molar-refractivity contribution in [3.05, 3.63) is 35.9 Å². The molecule has 2 N–H and O–H groups in total. The summed E-state index contributed by atoms with van der Waals surface area (Å²) in [6, 6.07) is 10.7. The van der Waals surface area contributed by atoms with Gasteiger partial charge in [-0.05, 0) is 5.56 Å². The van der Waals surface area contributed by atoms with E-state index in [1.165, 1.54) is 13.1 Å². The first-order chi connectivity index (χ1) is 12.6. The Morgan fingerprint density at radius 1 is 1.15 bits per heavy atom. The Kier molecular flexibility index (Phi) is 8.78. The number of guanidine groups is 1. The van der Waals surface area contributed by atoms with Crippen LogP contribution in [0.2, 0.25) is 0 Å². The van der Waals surface area contributed by atoms with Gasteiger partial charge < -0.3 is 15.5 Å². The highest BCUT2D eigenvalue weighted by Gasteiger charge is 2.31. The van der Waals surface area contributed by atoms with Crippen LogP contribution in [0.15, 0.2) is 35.3 Å². The van der Waals surface area contributed by atoms with Crippen LogP contribution < -0.4 is 10.6 Å². The van der Waals surface area contributed by atoms with Crippen molar-refractivity contribution in [2.75, 3.05) is 59.9 Å². The minimum absolute atomic E-state index is 0. The van der Waals surface area contributed by atoms with E-state index < -0.39 is 0 Å². The Balaban J connectivity index is 0.00000261. The first-order valence-electron chi connectivity index (χ1n) is 9.34. The van der Waals surface area contributed by atoms with E-state index in [0.717, 1.165) is 31.7 Å². The van der Waals surface area contributed by atoms with Crippen molar-refractivity contribution >= 4 is 35.8 Å². The summed E-state index contributed by atoms with van der Waals surface area (Å²) < 4.78 is 0. The average molecular weight is 486 g/mol. The summed E-state index contributed by atoms with van der Waals surface area (Å²) in [4.78, 5) is 23.2. The van der Waals surface area contributed by atoms with Gasteiger partial charge in [0, 0.05) is 59.4 Å². The van der Waals surface area contributed by atoms with Gasteiger partial charge >= 0.3 is 0 Å². The molecule has 4 rings (SSSR count). The number of rotatable bonds is 6. The molecule has 3 fully saturated rings. The lowest BCUT2D eigenvalue weighted by molar-refractivity contribution is -0.127. The van der Waals surface area contributed by atoms with E-state index >= 15 is 0 Å². The molecule has 3 saturated heterocycles. The topological polar surface area (TPSA) is 63.2 Å². The number of likely N-dealkylation sites (N-methyl/N-ethyl adjacent to an activating group) is 1. The number of piperazine rings is 3. The number of hydrogen-bond donors (Lipinski definition) is 2. The highest BCUT2D eigenvalue weighted by atomic mass is 127. The van der Waals surface area contributed by atoms with Gasteiger partial charge in [0.25, 0.3) is 0 Å². The smallest absolute Gasteiger partial charge is 0.241 e. The standard InChI is InChI=1S/C19H30N6O.HI/c1-23(2)18(26)14-22-19(20-12-16-6-4-3-5-7-16)21-13-17-15-24-8-10-25(17)11-9-24;/h3-7,17H,8-15H2,1-2H3,(H2,20,21,22);1H. The molecule has 3 heterocycles. The zero-order valence-electron chi connectivity index (χ0n) is 16.2. The number of halogens is 1. The summed E-state index contributed by atoms with van der Waals surface area (Å²) >= 11 is 0. The summed E-state index contributed by atoms with van der Waals surface area (Å²) in [5.41, 5.74) is 1.15. The first kappa shape index (κ1) is 21.9. The quantitative estimate of drug-likeness (QED) is 0.347. The zero-order chi connectivity index (χ0) is 18.4. The lowest BCUT2D eigenvalue weighted by Crippen LogP contribution is -2.64. The average Bonchev–Trinajstić information content (AvgIpc) is 2.68. The van der Waals surface area contributed by atoms with Crippen molar-refractivity contribution in [3.63, 3.8) is 0 Å². The maximum absolute atomic E-state index is 11.9. The molecule has 27 heavy (non-hydrogen) atoms. The van der Waals surface area contributed by atoms with E-state index in [2.05, 4.69) is 37.6 Å². The summed E-state index contributed by atoms with van der Waals surface area (Å²) in [5, 5.41) is 6.61. The van der Waals surface area contributed by atoms with E-state index in [1.807, 2.05) is 18.2 Å². The van der Waals surface area contributed by atoms with E-state index in [0.29, 0.717) is 18.5 Å². The molecule has 0 aliphatic carbocycles. The van der Waals surface area contributed by atoms with Gasteiger partial charge in [0.05, 0.1) is 13.1 Å². The monoisotopic (exact) mass is 486 g/mol. The van der Waals surface area contributed by atoms with Crippen LogP contribution in [0.1, 0.15) is 5.56 Å². The minimum Gasteiger partial charge on any atom is -0.355 e. The second kappa shape index (κ2) is 10.8. The van der Waals surface area contributed by atoms with Gasteiger partial charge in [-0.15, -0.1) is 24.0 Å². The number of fused-ring (bicyclic) bond motifs is 3. The Morgan fingerprint density at radius 3 is 2.44 bits per heavy atom. The lowest BCUT2D eigenvalue weighted by Gasteiger charge is -2.47. The Morgan fingerprint density at radius 2 is 1.85 bits per heavy atom. The molecule has 1 atom stereocenters. The van der Waals surface area contributed by atoms with Crippen LogP contribution in [-0.2, 0) is 11.3 Å². The maximum Gasteiger partial charge on any atom is 0.241 e. The molecular weight excluding hydrogens is 455 g/mol. The first-order valence-corrected chi connectivity index (χ1v) is 9.34. The Bertz CT molecular complexity index is 616. The van der Waals surface area contributed by atoms with Gasteiger partial charge in [0.2, 0.25) is 5.91 Å². The fourth-order valence-electron chi connectivity index (χ4n) is 3.38. The predicted octanol–water partition coefficient (Wildman–Crippen LogP) is 0.428. The van der Waals surface area contributed by atoms with Gasteiger partial charge in [-0.25, -0.2) is 4.99 Å². The van der Waals surface area contributed by atoms with Crippen molar-refractivity contribution in [3.8, 4) is 0 Å². The molecule has 0 aromatic heterocycles. The van der Waals surface area contributed by atoms with Crippen LogP contribution >= 0.6 is 24.0 Å². The fraction of sp³-hybridized carbons (Fsp3) is 0.579. The third-order valence-corrected chi connectivity index (χ3v) is 5.07. The third-order valence-electron chi connectivity index (χ3n) is 5.07. The van der Waals surface area contributed by atoms with Crippen molar-refractivity contribution in [2.24, 2.45) is 4.99 Å². The molecule has 0 saturated carbocycles. The molecule has 1 amide bonds. The summed E-state index contributed by atoms with van der Waals surface area (Å²) in [6.45, 7) is 7.44. The largest absolute Gasteiger partial charge is 0.355 e. The number of carbonyl (C=O) groups is 1. The van der Waals surface area contributed by atoms with Crippen LogP contribution in [0.5, 0.6) is 0 Å². The van der Waals surface area contributed by atoms with Gasteiger partial charge in [-0.1, -0.05) is 30.3 Å². The number of nitrogens with zero attached hydrogens (tertiary/aromatic N) is 4. The molecule has 8 heteroatoms. The maximum atomic E-state index is 11.9. The van der Waals surface area contributed by atoms with Crippen LogP contribution in [-0.4, -0.2) is 92.5 Å². The number of aliphatic imine (C=N–C) groups is 1. The van der Waals surface area contributed by atoms with E-state index in [4.69, 9.17) is 0 Å². The molecule has 3 aliphatic heterocycles. The highest BCUT2D eigenvalue weighted by molar-refractivity contribution is 14.0. The van der Waals surface area contributed by atoms with E-state index in [1.54, 1.807) is 19.0 Å². The van der Waals surface area contributed by atoms with Gasteiger partial charge in [-0.2, -0.15) is 0 Å². The van der Waals surface area contributed by atoms with Crippen LogP contribution in [0.25, 0.3) is 0 Å². The second-order valence-corrected chi connectivity index (χ2v) is 7.16. The summed E-state index contributed by atoms with van der Waals surface area (Å²) in [5.74, 6) is 0.729. The normalized spacial score (nSPS) is 24.1. The van der Waals surface area contributed by atoms with Crippen molar-refractivity contribution in [1.82, 2.24) is 25.3 Å². The predicted molar refractivity (Wildman–Crippen MR) is 119 cm³/mol. The zero-order valence-corrected chi connectivity index (χ0v) is 18.6. The van der Waals surface area contributed by atoms with Crippen LogP contribution in [0.3, 0.4) is 0 Å². The van der Waals surface area contributed by atoms with Crippen molar-refractivity contribution < 1.29 is 4.79 Å². The molecule has 1 aromatic rings. The SMILES string of the molecule is CN(C)C(=O)CNC(=NCc1ccccc1)NCC1CN2CCN1CC2.I. The molecule has 2 bridgehead atoms. The minimum atomic E-state index is 0. The fourth-order valence-corrected chi connectivity index (χ4v) is 3.38. The van der Waals surface area contributed by atoms with Gasteiger partial charge in [0.15, 0.2) is 5.96 Å². The van der Waals surface area contributed by atoms with Crippen molar-refractivity contribution in [1.29, 1.82) is 0 Å². The number of amides is 1. The Labute approximate surface area is 179 Å². The third kappa shape index (κ3) is 6.62. The second-order valence-electron chi connectivity index (χ2n) is 7.16. The van der Waals surface area contributed by atoms with E-state index in [9.17, 15) is 4.79 Å². The molecule has 150 valence electrons. The molecule has 3 aliphatic rings. The Hall–Kier alpha value is -1.39.